The molecular formula is C25H28N4O2S2. The molecule has 0 aliphatic heterocycles. The largest absolute Gasteiger partial charge is 0.492 e. The fourth-order valence-electron chi connectivity index (χ4n) is 3.44. The molecule has 2 heterocycles. The van der Waals surface area contributed by atoms with Gasteiger partial charge in [-0.1, -0.05) is 35.1 Å². The van der Waals surface area contributed by atoms with Crippen molar-refractivity contribution in [3.8, 4) is 5.75 Å². The molecule has 0 radical (unpaired) electrons. The van der Waals surface area contributed by atoms with Crippen molar-refractivity contribution < 1.29 is 9.53 Å². The molecule has 0 aliphatic rings. The van der Waals surface area contributed by atoms with Gasteiger partial charge in [0.1, 0.15) is 11.3 Å². The van der Waals surface area contributed by atoms with E-state index in [9.17, 15) is 4.79 Å². The molecule has 4 aromatic rings. The van der Waals surface area contributed by atoms with Crippen LogP contribution in [-0.2, 0) is 11.3 Å². The third-order valence-electron chi connectivity index (χ3n) is 5.14. The first-order valence-corrected chi connectivity index (χ1v) is 12.9. The number of aryl methyl sites for hydroxylation is 1. The van der Waals surface area contributed by atoms with Crippen molar-refractivity contribution in [1.29, 1.82) is 0 Å². The van der Waals surface area contributed by atoms with Crippen LogP contribution in [0.1, 0.15) is 25.3 Å². The lowest BCUT2D eigenvalue weighted by molar-refractivity contribution is -0.118. The third kappa shape index (κ3) is 6.15. The van der Waals surface area contributed by atoms with E-state index in [0.717, 1.165) is 28.1 Å². The maximum absolute atomic E-state index is 13.3. The van der Waals surface area contributed by atoms with Gasteiger partial charge in [-0.25, -0.2) is 4.98 Å². The van der Waals surface area contributed by atoms with Crippen LogP contribution in [-0.4, -0.2) is 39.6 Å². The molecule has 172 valence electrons. The number of aromatic nitrogens is 3. The summed E-state index contributed by atoms with van der Waals surface area (Å²) in [4.78, 5) is 21.1. The number of hydrogen-bond acceptors (Lipinski definition) is 6. The van der Waals surface area contributed by atoms with Gasteiger partial charge in [0.25, 0.3) is 0 Å². The van der Waals surface area contributed by atoms with Crippen LogP contribution in [0.4, 0.5) is 5.13 Å². The molecule has 0 fully saturated rings. The normalized spacial score (nSPS) is 11.1. The van der Waals surface area contributed by atoms with Gasteiger partial charge in [0.05, 0.1) is 17.9 Å². The van der Waals surface area contributed by atoms with E-state index in [1.807, 2.05) is 42.1 Å². The quantitative estimate of drug-likeness (QED) is 0.200. The van der Waals surface area contributed by atoms with Gasteiger partial charge in [-0.05, 0) is 56.4 Å². The first-order chi connectivity index (χ1) is 16.1. The number of thioether (sulfide) groups is 1. The van der Waals surface area contributed by atoms with Gasteiger partial charge in [0.2, 0.25) is 5.91 Å². The minimum Gasteiger partial charge on any atom is -0.492 e. The van der Waals surface area contributed by atoms with Gasteiger partial charge >= 0.3 is 0 Å². The van der Waals surface area contributed by atoms with E-state index < -0.39 is 0 Å². The lowest BCUT2D eigenvalue weighted by Gasteiger charge is -2.20. The van der Waals surface area contributed by atoms with Gasteiger partial charge in [-0.3, -0.25) is 14.4 Å². The highest BCUT2D eigenvalue weighted by molar-refractivity contribution is 7.99. The number of ether oxygens (including phenoxy) is 1. The Hall–Kier alpha value is -2.84. The number of amides is 1. The minimum atomic E-state index is 0.0867. The fourth-order valence-corrected chi connectivity index (χ4v) is 5.32. The van der Waals surface area contributed by atoms with E-state index >= 15 is 0 Å². The zero-order chi connectivity index (χ0) is 23.0. The molecule has 2 aromatic heterocycles. The first kappa shape index (κ1) is 23.3. The smallest absolute Gasteiger partial charge is 0.228 e. The summed E-state index contributed by atoms with van der Waals surface area (Å²) >= 11 is 3.31. The van der Waals surface area contributed by atoms with Gasteiger partial charge < -0.3 is 4.74 Å². The number of anilines is 1. The van der Waals surface area contributed by atoms with Gasteiger partial charge in [-0.2, -0.15) is 5.10 Å². The average molecular weight is 481 g/mol. The van der Waals surface area contributed by atoms with Crippen molar-refractivity contribution in [2.45, 2.75) is 38.1 Å². The van der Waals surface area contributed by atoms with E-state index in [4.69, 9.17) is 9.72 Å². The maximum atomic E-state index is 13.3. The Morgan fingerprint density at radius 2 is 2.03 bits per heavy atom. The predicted molar refractivity (Wildman–Crippen MR) is 137 cm³/mol. The van der Waals surface area contributed by atoms with Crippen molar-refractivity contribution >= 4 is 44.4 Å². The Labute approximate surface area is 202 Å². The average Bonchev–Trinajstić information content (AvgIpc) is 3.49. The second-order valence-corrected chi connectivity index (χ2v) is 9.79. The van der Waals surface area contributed by atoms with Crippen LogP contribution in [0.5, 0.6) is 5.75 Å². The second-order valence-electron chi connectivity index (χ2n) is 7.61. The highest BCUT2D eigenvalue weighted by Gasteiger charge is 2.21. The van der Waals surface area contributed by atoms with Crippen LogP contribution in [0, 0.1) is 6.92 Å². The standard InChI is InChI=1S/C25H28N4O2S2/c1-3-31-21-7-4-8-22-24(21)27-25(33-22)29(17-16-28-15-6-14-26-28)23(30)9-5-18-32-20-12-10-19(2)11-13-20/h4,6-8,10-15H,3,5,9,16-18H2,1-2H3. The van der Waals surface area contributed by atoms with E-state index in [1.165, 1.54) is 21.8 Å². The molecule has 8 heteroatoms. The highest BCUT2D eigenvalue weighted by Crippen LogP contribution is 2.34. The molecule has 2 aromatic carbocycles. The van der Waals surface area contributed by atoms with Gasteiger partial charge in [0, 0.05) is 30.3 Å². The van der Waals surface area contributed by atoms with Crippen molar-refractivity contribution in [2.75, 3.05) is 23.8 Å². The number of nitrogens with zero attached hydrogens (tertiary/aromatic N) is 4. The molecule has 0 saturated heterocycles. The first-order valence-electron chi connectivity index (χ1n) is 11.1. The van der Waals surface area contributed by atoms with E-state index in [-0.39, 0.29) is 5.91 Å². The number of carbonyl (C=O) groups is 1. The number of rotatable bonds is 11. The van der Waals surface area contributed by atoms with E-state index in [1.54, 1.807) is 22.9 Å². The Bertz CT molecular complexity index is 1170. The molecule has 0 atom stereocenters. The van der Waals surface area contributed by atoms with Crippen molar-refractivity contribution in [3.63, 3.8) is 0 Å². The fraction of sp³-hybridized carbons (Fsp3) is 0.320. The lowest BCUT2D eigenvalue weighted by atomic mass is 10.2. The number of hydrogen-bond donors (Lipinski definition) is 0. The lowest BCUT2D eigenvalue weighted by Crippen LogP contribution is -2.34. The zero-order valence-electron chi connectivity index (χ0n) is 18.9. The van der Waals surface area contributed by atoms with Crippen LogP contribution in [0.3, 0.4) is 0 Å². The van der Waals surface area contributed by atoms with Crippen molar-refractivity contribution in [3.05, 3.63) is 66.5 Å². The molecule has 0 spiro atoms. The van der Waals surface area contributed by atoms with Crippen LogP contribution in [0.2, 0.25) is 0 Å². The number of fused-ring (bicyclic) bond motifs is 1. The van der Waals surface area contributed by atoms with Gasteiger partial charge in [-0.15, -0.1) is 11.8 Å². The number of carbonyl (C=O) groups excluding carboxylic acids is 1. The monoisotopic (exact) mass is 480 g/mol. The van der Waals surface area contributed by atoms with Crippen LogP contribution in [0.15, 0.2) is 65.8 Å². The summed E-state index contributed by atoms with van der Waals surface area (Å²) < 4.78 is 8.60. The zero-order valence-corrected chi connectivity index (χ0v) is 20.6. The molecule has 0 unspecified atom stereocenters. The van der Waals surface area contributed by atoms with Crippen LogP contribution >= 0.6 is 23.1 Å². The summed E-state index contributed by atoms with van der Waals surface area (Å²) in [6.07, 6.45) is 4.95. The summed E-state index contributed by atoms with van der Waals surface area (Å²) in [5, 5.41) is 4.98. The van der Waals surface area contributed by atoms with Crippen LogP contribution < -0.4 is 9.64 Å². The Morgan fingerprint density at radius 1 is 1.18 bits per heavy atom. The third-order valence-corrected chi connectivity index (χ3v) is 7.28. The van der Waals surface area contributed by atoms with Crippen molar-refractivity contribution in [2.24, 2.45) is 0 Å². The summed E-state index contributed by atoms with van der Waals surface area (Å²) in [5.41, 5.74) is 2.07. The molecule has 6 nitrogen and oxygen atoms in total. The SMILES string of the molecule is CCOc1cccc2sc(N(CCn3cccn3)C(=O)CCCSc3ccc(C)cc3)nc12. The van der Waals surface area contributed by atoms with E-state index in [2.05, 4.69) is 36.3 Å². The molecule has 0 N–H and O–H groups in total. The van der Waals surface area contributed by atoms with Crippen molar-refractivity contribution in [1.82, 2.24) is 14.8 Å². The maximum Gasteiger partial charge on any atom is 0.228 e. The molecule has 4 rings (SSSR count). The Kier molecular flexibility index (Phi) is 8.01. The summed E-state index contributed by atoms with van der Waals surface area (Å²) in [5.74, 6) is 1.74. The molecule has 0 saturated carbocycles. The molecule has 0 bridgehead atoms. The molecule has 33 heavy (non-hydrogen) atoms. The topological polar surface area (TPSA) is 60.2 Å². The molecular weight excluding hydrogens is 452 g/mol. The Balaban J connectivity index is 1.45. The summed E-state index contributed by atoms with van der Waals surface area (Å²) in [6.45, 7) is 5.76. The van der Waals surface area contributed by atoms with E-state index in [0.29, 0.717) is 31.2 Å². The minimum absolute atomic E-state index is 0.0867. The van der Waals surface area contributed by atoms with Crippen LogP contribution in [0.25, 0.3) is 10.2 Å². The second kappa shape index (κ2) is 11.3. The number of benzene rings is 2. The highest BCUT2D eigenvalue weighted by atomic mass is 32.2. The molecule has 1 amide bonds. The Morgan fingerprint density at radius 3 is 2.79 bits per heavy atom. The van der Waals surface area contributed by atoms with Gasteiger partial charge in [0.15, 0.2) is 5.13 Å². The predicted octanol–water partition coefficient (Wildman–Crippen LogP) is 5.81. The number of para-hydroxylation sites is 1. The summed E-state index contributed by atoms with van der Waals surface area (Å²) in [6, 6.07) is 16.3. The molecule has 0 aliphatic carbocycles. The summed E-state index contributed by atoms with van der Waals surface area (Å²) in [7, 11) is 0. The number of thiazole rings is 1.